The molecule has 0 aliphatic heterocycles. The summed E-state index contributed by atoms with van der Waals surface area (Å²) in [5.74, 6) is 0.672. The summed E-state index contributed by atoms with van der Waals surface area (Å²) in [5, 5.41) is 3.13. The van der Waals surface area contributed by atoms with Crippen LogP contribution in [0.2, 0.25) is 0 Å². The van der Waals surface area contributed by atoms with Crippen molar-refractivity contribution < 1.29 is 4.79 Å². The predicted molar refractivity (Wildman–Crippen MR) is 71.7 cm³/mol. The number of carbonyl (C=O) groups excluding carboxylic acids is 1. The maximum atomic E-state index is 12.1. The number of hydrogen-bond acceptors (Lipinski definition) is 2. The van der Waals surface area contributed by atoms with Crippen LogP contribution >= 0.6 is 0 Å². The van der Waals surface area contributed by atoms with Gasteiger partial charge in [-0.05, 0) is 38.5 Å². The zero-order chi connectivity index (χ0) is 12.9. The monoisotopic (exact) mass is 240 g/mol. The quantitative estimate of drug-likeness (QED) is 0.776. The summed E-state index contributed by atoms with van der Waals surface area (Å²) in [5.41, 5.74) is 5.43. The van der Waals surface area contributed by atoms with E-state index in [1.165, 1.54) is 32.1 Å². The molecule has 3 nitrogen and oxygen atoms in total. The van der Waals surface area contributed by atoms with Crippen molar-refractivity contribution in [3.8, 4) is 0 Å². The number of carbonyl (C=O) groups is 1. The van der Waals surface area contributed by atoms with Gasteiger partial charge in [0.1, 0.15) is 0 Å². The molecule has 100 valence electrons. The van der Waals surface area contributed by atoms with Crippen LogP contribution in [0.3, 0.4) is 0 Å². The van der Waals surface area contributed by atoms with Crippen molar-refractivity contribution >= 4 is 5.91 Å². The van der Waals surface area contributed by atoms with Gasteiger partial charge in [-0.1, -0.05) is 33.1 Å². The molecule has 0 aromatic heterocycles. The summed E-state index contributed by atoms with van der Waals surface area (Å²) < 4.78 is 0. The minimum atomic E-state index is -0.678. The summed E-state index contributed by atoms with van der Waals surface area (Å²) in [6.45, 7) is 6.09. The molecule has 0 radical (unpaired) electrons. The number of amides is 1. The minimum Gasteiger partial charge on any atom is -0.352 e. The van der Waals surface area contributed by atoms with Gasteiger partial charge in [0.15, 0.2) is 0 Å². The first-order chi connectivity index (χ1) is 8.03. The SMILES string of the molecule is CCC(N)(CC)C(=O)NC(C)C1CCCCC1. The number of rotatable bonds is 5. The van der Waals surface area contributed by atoms with Crippen LogP contribution in [0.4, 0.5) is 0 Å². The van der Waals surface area contributed by atoms with Gasteiger partial charge < -0.3 is 11.1 Å². The molecule has 1 saturated carbocycles. The fourth-order valence-electron chi connectivity index (χ4n) is 2.67. The van der Waals surface area contributed by atoms with Crippen molar-refractivity contribution in [3.63, 3.8) is 0 Å². The standard InChI is InChI=1S/C14H28N2O/c1-4-14(15,5-2)13(17)16-11(3)12-9-7-6-8-10-12/h11-12H,4-10,15H2,1-3H3,(H,16,17). The molecule has 1 fully saturated rings. The second-order valence-electron chi connectivity index (χ2n) is 5.52. The van der Waals surface area contributed by atoms with Crippen LogP contribution in [0.15, 0.2) is 0 Å². The molecule has 1 unspecified atom stereocenters. The van der Waals surface area contributed by atoms with E-state index in [0.717, 1.165) is 0 Å². The average Bonchev–Trinajstić information content (AvgIpc) is 2.38. The normalized spacial score (nSPS) is 20.0. The fourth-order valence-corrected chi connectivity index (χ4v) is 2.67. The van der Waals surface area contributed by atoms with Crippen LogP contribution in [-0.4, -0.2) is 17.5 Å². The third-order valence-electron chi connectivity index (χ3n) is 4.43. The van der Waals surface area contributed by atoms with Crippen LogP contribution in [-0.2, 0) is 4.79 Å². The number of nitrogens with two attached hydrogens (primary N) is 1. The Bertz CT molecular complexity index is 243. The highest BCUT2D eigenvalue weighted by Crippen LogP contribution is 2.26. The Labute approximate surface area is 106 Å². The summed E-state index contributed by atoms with van der Waals surface area (Å²) in [7, 11) is 0. The molecule has 0 spiro atoms. The molecule has 3 N–H and O–H groups in total. The largest absolute Gasteiger partial charge is 0.352 e. The van der Waals surface area contributed by atoms with Crippen molar-refractivity contribution in [2.45, 2.75) is 77.3 Å². The van der Waals surface area contributed by atoms with Crippen LogP contribution in [0.25, 0.3) is 0 Å². The van der Waals surface area contributed by atoms with Crippen LogP contribution in [0, 0.1) is 5.92 Å². The predicted octanol–water partition coefficient (Wildman–Crippen LogP) is 2.59. The summed E-state index contributed by atoms with van der Waals surface area (Å²) in [4.78, 5) is 12.1. The molecule has 0 bridgehead atoms. The maximum Gasteiger partial charge on any atom is 0.240 e. The van der Waals surface area contributed by atoms with Crippen molar-refractivity contribution in [1.82, 2.24) is 5.32 Å². The van der Waals surface area contributed by atoms with E-state index in [-0.39, 0.29) is 11.9 Å². The zero-order valence-corrected chi connectivity index (χ0v) is 11.6. The molecule has 0 aromatic carbocycles. The van der Waals surface area contributed by atoms with Crippen molar-refractivity contribution in [2.75, 3.05) is 0 Å². The second-order valence-corrected chi connectivity index (χ2v) is 5.52. The van der Waals surface area contributed by atoms with Crippen LogP contribution in [0.5, 0.6) is 0 Å². The molecule has 0 saturated heterocycles. The Hall–Kier alpha value is -0.570. The van der Waals surface area contributed by atoms with E-state index in [1.54, 1.807) is 0 Å². The third kappa shape index (κ3) is 3.70. The van der Waals surface area contributed by atoms with E-state index >= 15 is 0 Å². The van der Waals surface area contributed by atoms with E-state index in [0.29, 0.717) is 18.8 Å². The topological polar surface area (TPSA) is 55.1 Å². The molecule has 1 rings (SSSR count). The summed E-state index contributed by atoms with van der Waals surface area (Å²) in [6.07, 6.45) is 7.86. The van der Waals surface area contributed by atoms with Gasteiger partial charge in [0.25, 0.3) is 0 Å². The molecule has 17 heavy (non-hydrogen) atoms. The summed E-state index contributed by atoms with van der Waals surface area (Å²) >= 11 is 0. The van der Waals surface area contributed by atoms with Crippen molar-refractivity contribution in [1.29, 1.82) is 0 Å². The maximum absolute atomic E-state index is 12.1. The van der Waals surface area contributed by atoms with E-state index in [1.807, 2.05) is 13.8 Å². The lowest BCUT2D eigenvalue weighted by molar-refractivity contribution is -0.127. The van der Waals surface area contributed by atoms with E-state index in [4.69, 9.17) is 5.73 Å². The highest BCUT2D eigenvalue weighted by Gasteiger charge is 2.32. The summed E-state index contributed by atoms with van der Waals surface area (Å²) in [6, 6.07) is 0.267. The molecular formula is C14H28N2O. The highest BCUT2D eigenvalue weighted by atomic mass is 16.2. The molecule has 0 heterocycles. The first-order valence-electron chi connectivity index (χ1n) is 7.13. The van der Waals surface area contributed by atoms with E-state index < -0.39 is 5.54 Å². The van der Waals surface area contributed by atoms with Crippen LogP contribution in [0.1, 0.15) is 65.7 Å². The van der Waals surface area contributed by atoms with Gasteiger partial charge >= 0.3 is 0 Å². The Morgan fingerprint density at radius 1 is 1.29 bits per heavy atom. The Morgan fingerprint density at radius 3 is 2.29 bits per heavy atom. The zero-order valence-electron chi connectivity index (χ0n) is 11.6. The lowest BCUT2D eigenvalue weighted by Crippen LogP contribution is -2.56. The number of nitrogens with one attached hydrogen (secondary N) is 1. The molecule has 3 heteroatoms. The molecule has 1 aliphatic rings. The Balaban J connectivity index is 2.49. The van der Waals surface area contributed by atoms with Crippen molar-refractivity contribution in [2.24, 2.45) is 11.7 Å². The molecule has 0 aromatic rings. The van der Waals surface area contributed by atoms with Gasteiger partial charge in [0, 0.05) is 6.04 Å². The van der Waals surface area contributed by atoms with E-state index in [2.05, 4.69) is 12.2 Å². The van der Waals surface area contributed by atoms with Gasteiger partial charge in [0.2, 0.25) is 5.91 Å². The third-order valence-corrected chi connectivity index (χ3v) is 4.43. The smallest absolute Gasteiger partial charge is 0.240 e. The highest BCUT2D eigenvalue weighted by molar-refractivity contribution is 5.86. The van der Waals surface area contributed by atoms with Gasteiger partial charge in [-0.25, -0.2) is 0 Å². The fraction of sp³-hybridized carbons (Fsp3) is 0.929. The minimum absolute atomic E-state index is 0.0283. The first kappa shape index (κ1) is 14.5. The molecule has 1 amide bonds. The van der Waals surface area contributed by atoms with Gasteiger partial charge in [0.05, 0.1) is 5.54 Å². The number of hydrogen-bond donors (Lipinski definition) is 2. The lowest BCUT2D eigenvalue weighted by Gasteiger charge is -2.32. The second kappa shape index (κ2) is 6.39. The Morgan fingerprint density at radius 2 is 1.82 bits per heavy atom. The van der Waals surface area contributed by atoms with Gasteiger partial charge in [-0.3, -0.25) is 4.79 Å². The average molecular weight is 240 g/mol. The van der Waals surface area contributed by atoms with E-state index in [9.17, 15) is 4.79 Å². The molecule has 1 atom stereocenters. The van der Waals surface area contributed by atoms with Gasteiger partial charge in [-0.2, -0.15) is 0 Å². The van der Waals surface area contributed by atoms with Gasteiger partial charge in [-0.15, -0.1) is 0 Å². The molecule has 1 aliphatic carbocycles. The molecular weight excluding hydrogens is 212 g/mol. The van der Waals surface area contributed by atoms with Crippen molar-refractivity contribution in [3.05, 3.63) is 0 Å². The first-order valence-corrected chi connectivity index (χ1v) is 7.13. The van der Waals surface area contributed by atoms with Crippen LogP contribution < -0.4 is 11.1 Å². The lowest BCUT2D eigenvalue weighted by atomic mass is 9.84. The Kier molecular flexibility index (Phi) is 5.44.